The molecule has 0 aliphatic heterocycles. The Bertz CT molecular complexity index is 912. The molecule has 6 nitrogen and oxygen atoms in total. The summed E-state index contributed by atoms with van der Waals surface area (Å²) in [6.07, 6.45) is 8.86. The van der Waals surface area contributed by atoms with Crippen molar-refractivity contribution in [3.8, 4) is 17.2 Å². The maximum absolute atomic E-state index is 11.9. The Balaban J connectivity index is 1.54. The summed E-state index contributed by atoms with van der Waals surface area (Å²) in [5.74, 6) is 1.67. The van der Waals surface area contributed by atoms with Crippen LogP contribution in [0.1, 0.15) is 31.2 Å². The zero-order valence-electron chi connectivity index (χ0n) is 14.7. The van der Waals surface area contributed by atoms with Crippen LogP contribution in [0.2, 0.25) is 0 Å². The van der Waals surface area contributed by atoms with E-state index in [0.29, 0.717) is 12.5 Å². The molecule has 1 amide bonds. The SMILES string of the molecule is CCc1nccc(-c2nccn2-c2ccc(CC(=O)NC3CC3)cc2)n1. The summed E-state index contributed by atoms with van der Waals surface area (Å²) in [5.41, 5.74) is 2.79. The standard InChI is InChI=1S/C20H21N5O/c1-2-18-21-10-9-17(24-18)20-22-11-12-25(20)16-7-3-14(4-8-16)13-19(26)23-15-5-6-15/h3-4,7-12,15H,2,5-6,13H2,1H3,(H,23,26). The lowest BCUT2D eigenvalue weighted by Gasteiger charge is -2.09. The molecule has 26 heavy (non-hydrogen) atoms. The molecule has 1 aliphatic carbocycles. The van der Waals surface area contributed by atoms with Crippen molar-refractivity contribution in [1.82, 2.24) is 24.8 Å². The summed E-state index contributed by atoms with van der Waals surface area (Å²) in [6.45, 7) is 2.03. The fourth-order valence-corrected chi connectivity index (χ4v) is 2.86. The summed E-state index contributed by atoms with van der Waals surface area (Å²) >= 11 is 0. The largest absolute Gasteiger partial charge is 0.353 e. The summed E-state index contributed by atoms with van der Waals surface area (Å²) in [4.78, 5) is 25.2. The molecule has 3 aromatic rings. The Kier molecular flexibility index (Phi) is 4.48. The molecule has 0 spiro atoms. The smallest absolute Gasteiger partial charge is 0.224 e. The highest BCUT2D eigenvalue weighted by Gasteiger charge is 2.23. The molecule has 0 bridgehead atoms. The van der Waals surface area contributed by atoms with Crippen molar-refractivity contribution in [1.29, 1.82) is 0 Å². The molecule has 2 aromatic heterocycles. The molecule has 1 fully saturated rings. The van der Waals surface area contributed by atoms with E-state index in [1.54, 1.807) is 12.4 Å². The molecular formula is C20H21N5O. The van der Waals surface area contributed by atoms with Crippen molar-refractivity contribution in [3.63, 3.8) is 0 Å². The number of hydrogen-bond acceptors (Lipinski definition) is 4. The predicted octanol–water partition coefficient (Wildman–Crippen LogP) is 2.71. The van der Waals surface area contributed by atoms with Crippen LogP contribution < -0.4 is 5.32 Å². The topological polar surface area (TPSA) is 72.7 Å². The molecule has 132 valence electrons. The van der Waals surface area contributed by atoms with E-state index in [-0.39, 0.29) is 5.91 Å². The Morgan fingerprint density at radius 3 is 2.69 bits per heavy atom. The number of carbonyl (C=O) groups excluding carboxylic acids is 1. The zero-order valence-corrected chi connectivity index (χ0v) is 14.7. The van der Waals surface area contributed by atoms with Crippen LogP contribution in [0, 0.1) is 0 Å². The van der Waals surface area contributed by atoms with Gasteiger partial charge in [0.15, 0.2) is 5.82 Å². The minimum Gasteiger partial charge on any atom is -0.353 e. The maximum Gasteiger partial charge on any atom is 0.224 e. The van der Waals surface area contributed by atoms with Gasteiger partial charge in [-0.2, -0.15) is 0 Å². The fraction of sp³-hybridized carbons (Fsp3) is 0.300. The third kappa shape index (κ3) is 3.64. The molecule has 1 aliphatic rings. The van der Waals surface area contributed by atoms with Crippen LogP contribution in [-0.2, 0) is 17.6 Å². The number of carbonyl (C=O) groups is 1. The first-order valence-corrected chi connectivity index (χ1v) is 8.97. The lowest BCUT2D eigenvalue weighted by atomic mass is 10.1. The molecule has 0 unspecified atom stereocenters. The van der Waals surface area contributed by atoms with E-state index in [9.17, 15) is 4.79 Å². The van der Waals surface area contributed by atoms with Gasteiger partial charge in [0.25, 0.3) is 0 Å². The van der Waals surface area contributed by atoms with E-state index >= 15 is 0 Å². The number of amides is 1. The van der Waals surface area contributed by atoms with Gasteiger partial charge in [-0.15, -0.1) is 0 Å². The van der Waals surface area contributed by atoms with Crippen LogP contribution >= 0.6 is 0 Å². The lowest BCUT2D eigenvalue weighted by Crippen LogP contribution is -2.26. The third-order valence-electron chi connectivity index (χ3n) is 4.41. The van der Waals surface area contributed by atoms with Crippen LogP contribution in [0.3, 0.4) is 0 Å². The molecular weight excluding hydrogens is 326 g/mol. The average Bonchev–Trinajstić information content (AvgIpc) is 3.34. The quantitative estimate of drug-likeness (QED) is 0.744. The van der Waals surface area contributed by atoms with Gasteiger partial charge in [-0.1, -0.05) is 19.1 Å². The predicted molar refractivity (Wildman–Crippen MR) is 98.8 cm³/mol. The number of hydrogen-bond donors (Lipinski definition) is 1. The fourth-order valence-electron chi connectivity index (χ4n) is 2.86. The summed E-state index contributed by atoms with van der Waals surface area (Å²) < 4.78 is 2.00. The Labute approximate surface area is 152 Å². The van der Waals surface area contributed by atoms with Crippen molar-refractivity contribution in [2.75, 3.05) is 0 Å². The number of rotatable bonds is 6. The number of aryl methyl sites for hydroxylation is 1. The van der Waals surface area contributed by atoms with Crippen molar-refractivity contribution in [2.24, 2.45) is 0 Å². The monoisotopic (exact) mass is 347 g/mol. The van der Waals surface area contributed by atoms with Crippen LogP contribution in [0.4, 0.5) is 0 Å². The molecule has 1 aromatic carbocycles. The van der Waals surface area contributed by atoms with E-state index in [1.807, 2.05) is 48.0 Å². The number of aromatic nitrogens is 4. The number of benzene rings is 1. The van der Waals surface area contributed by atoms with Crippen molar-refractivity contribution < 1.29 is 4.79 Å². The Hall–Kier alpha value is -3.02. The van der Waals surface area contributed by atoms with E-state index in [2.05, 4.69) is 20.3 Å². The first kappa shape index (κ1) is 16.4. The normalized spacial score (nSPS) is 13.6. The van der Waals surface area contributed by atoms with Crippen LogP contribution in [-0.4, -0.2) is 31.5 Å². The van der Waals surface area contributed by atoms with E-state index in [0.717, 1.165) is 47.9 Å². The van der Waals surface area contributed by atoms with Gasteiger partial charge in [-0.3, -0.25) is 9.36 Å². The van der Waals surface area contributed by atoms with Gasteiger partial charge in [0, 0.05) is 36.7 Å². The molecule has 0 radical (unpaired) electrons. The lowest BCUT2D eigenvalue weighted by molar-refractivity contribution is -0.120. The first-order chi connectivity index (χ1) is 12.7. The molecule has 1 saturated carbocycles. The number of nitrogens with one attached hydrogen (secondary N) is 1. The van der Waals surface area contributed by atoms with Crippen LogP contribution in [0.15, 0.2) is 48.9 Å². The summed E-state index contributed by atoms with van der Waals surface area (Å²) in [5, 5.41) is 3.02. The number of nitrogens with zero attached hydrogens (tertiary/aromatic N) is 4. The first-order valence-electron chi connectivity index (χ1n) is 8.97. The van der Waals surface area contributed by atoms with Gasteiger partial charge in [-0.05, 0) is 36.6 Å². The minimum atomic E-state index is 0.0941. The molecule has 2 heterocycles. The molecule has 6 heteroatoms. The van der Waals surface area contributed by atoms with Gasteiger partial charge in [0.05, 0.1) is 6.42 Å². The van der Waals surface area contributed by atoms with Gasteiger partial charge in [-0.25, -0.2) is 15.0 Å². The highest BCUT2D eigenvalue weighted by molar-refractivity contribution is 5.79. The van der Waals surface area contributed by atoms with Gasteiger partial charge in [0.2, 0.25) is 5.91 Å². The number of imidazole rings is 1. The van der Waals surface area contributed by atoms with E-state index in [1.165, 1.54) is 0 Å². The summed E-state index contributed by atoms with van der Waals surface area (Å²) in [7, 11) is 0. The van der Waals surface area contributed by atoms with Crippen LogP contribution in [0.25, 0.3) is 17.2 Å². The van der Waals surface area contributed by atoms with Gasteiger partial charge < -0.3 is 5.32 Å². The molecule has 4 rings (SSSR count). The molecule has 1 N–H and O–H groups in total. The molecule has 0 saturated heterocycles. The minimum absolute atomic E-state index is 0.0941. The van der Waals surface area contributed by atoms with E-state index in [4.69, 9.17) is 0 Å². The van der Waals surface area contributed by atoms with Gasteiger partial charge >= 0.3 is 0 Å². The molecule has 0 atom stereocenters. The second-order valence-electron chi connectivity index (χ2n) is 6.52. The van der Waals surface area contributed by atoms with Gasteiger partial charge in [0.1, 0.15) is 11.5 Å². The second-order valence-corrected chi connectivity index (χ2v) is 6.52. The highest BCUT2D eigenvalue weighted by Crippen LogP contribution is 2.21. The maximum atomic E-state index is 11.9. The zero-order chi connectivity index (χ0) is 17.9. The second kappa shape index (κ2) is 7.07. The third-order valence-corrected chi connectivity index (χ3v) is 4.41. The highest BCUT2D eigenvalue weighted by atomic mass is 16.1. The summed E-state index contributed by atoms with van der Waals surface area (Å²) in [6, 6.07) is 10.3. The Morgan fingerprint density at radius 2 is 1.96 bits per heavy atom. The Morgan fingerprint density at radius 1 is 1.15 bits per heavy atom. The van der Waals surface area contributed by atoms with Crippen molar-refractivity contribution in [3.05, 3.63) is 60.3 Å². The van der Waals surface area contributed by atoms with E-state index < -0.39 is 0 Å². The average molecular weight is 347 g/mol. The van der Waals surface area contributed by atoms with Crippen LogP contribution in [0.5, 0.6) is 0 Å². The van der Waals surface area contributed by atoms with Crippen molar-refractivity contribution in [2.45, 2.75) is 38.6 Å². The van der Waals surface area contributed by atoms with Crippen molar-refractivity contribution >= 4 is 5.91 Å².